The van der Waals surface area contributed by atoms with E-state index in [2.05, 4.69) is 17.2 Å². The Bertz CT molecular complexity index is 884. The number of amides is 4. The lowest BCUT2D eigenvalue weighted by Gasteiger charge is -2.33. The first-order valence-electron chi connectivity index (χ1n) is 8.80. The summed E-state index contributed by atoms with van der Waals surface area (Å²) in [5, 5.41) is 6.30. The highest BCUT2D eigenvalue weighted by Crippen LogP contribution is 2.39. The van der Waals surface area contributed by atoms with Crippen molar-refractivity contribution in [1.82, 2.24) is 20.4 Å². The molecule has 0 aromatic heterocycles. The van der Waals surface area contributed by atoms with Gasteiger partial charge in [0, 0.05) is 23.1 Å². The smallest absolute Gasteiger partial charge is 0.322 e. The number of carbonyl (C=O) groups is 3. The van der Waals surface area contributed by atoms with Crippen LogP contribution in [0.1, 0.15) is 18.5 Å². The summed E-state index contributed by atoms with van der Waals surface area (Å²) in [7, 11) is 0. The number of urea groups is 1. The topological polar surface area (TPSA) is 81.8 Å². The van der Waals surface area contributed by atoms with Gasteiger partial charge in [-0.1, -0.05) is 35.3 Å². The number of halogens is 2. The van der Waals surface area contributed by atoms with Crippen LogP contribution in [0.2, 0.25) is 10.0 Å². The molecule has 2 N–H and O–H groups in total. The third-order valence-corrected chi connectivity index (χ3v) is 5.23. The Morgan fingerprint density at radius 1 is 1.39 bits per heavy atom. The van der Waals surface area contributed by atoms with Gasteiger partial charge >= 0.3 is 6.03 Å². The zero-order chi connectivity index (χ0) is 20.4. The number of rotatable bonds is 6. The van der Waals surface area contributed by atoms with Crippen LogP contribution in [0.3, 0.4) is 0 Å². The molecule has 1 aromatic rings. The Hall–Kier alpha value is -2.51. The lowest BCUT2D eigenvalue weighted by atomic mass is 9.95. The van der Waals surface area contributed by atoms with Crippen LogP contribution >= 0.6 is 23.2 Å². The molecule has 1 atom stereocenters. The van der Waals surface area contributed by atoms with E-state index in [1.807, 2.05) is 6.92 Å². The van der Waals surface area contributed by atoms with E-state index < -0.39 is 6.04 Å². The molecule has 4 amide bonds. The number of benzene rings is 1. The molecule has 28 heavy (non-hydrogen) atoms. The van der Waals surface area contributed by atoms with Gasteiger partial charge in [-0.15, -0.1) is 6.58 Å². The van der Waals surface area contributed by atoms with Gasteiger partial charge in [-0.3, -0.25) is 14.5 Å². The zero-order valence-electron chi connectivity index (χ0n) is 15.3. The van der Waals surface area contributed by atoms with Crippen LogP contribution in [0.25, 0.3) is 0 Å². The molecule has 0 unspecified atom stereocenters. The molecule has 0 saturated carbocycles. The maximum absolute atomic E-state index is 13.1. The number of nitrogens with zero attached hydrogens (tertiary/aromatic N) is 2. The second-order valence-electron chi connectivity index (χ2n) is 6.41. The molecule has 148 valence electrons. The number of nitrogens with one attached hydrogen (secondary N) is 2. The van der Waals surface area contributed by atoms with E-state index in [0.717, 1.165) is 0 Å². The second-order valence-corrected chi connectivity index (χ2v) is 7.25. The van der Waals surface area contributed by atoms with Gasteiger partial charge in [-0.25, -0.2) is 4.79 Å². The molecule has 0 radical (unpaired) electrons. The number of hydrogen-bond acceptors (Lipinski definition) is 3. The fourth-order valence-corrected chi connectivity index (χ4v) is 3.91. The van der Waals surface area contributed by atoms with Crippen LogP contribution in [0, 0.1) is 0 Å². The van der Waals surface area contributed by atoms with Crippen molar-refractivity contribution in [3.05, 3.63) is 57.7 Å². The minimum Gasteiger partial charge on any atom is -0.351 e. The van der Waals surface area contributed by atoms with Crippen molar-refractivity contribution < 1.29 is 14.4 Å². The molecule has 2 heterocycles. The highest BCUT2D eigenvalue weighted by Gasteiger charge is 2.44. The molecule has 7 nitrogen and oxygen atoms in total. The average molecular weight is 423 g/mol. The SMILES string of the molecule is C=CCNC(=O)CN1CC2=C(C1=O)[C@H](c1ccc(Cl)cc1Cl)NC(=O)N2CC. The van der Waals surface area contributed by atoms with Gasteiger partial charge in [-0.2, -0.15) is 0 Å². The minimum absolute atomic E-state index is 0.105. The fourth-order valence-electron chi connectivity index (χ4n) is 3.39. The van der Waals surface area contributed by atoms with Gasteiger partial charge in [0.15, 0.2) is 0 Å². The zero-order valence-corrected chi connectivity index (χ0v) is 16.8. The minimum atomic E-state index is -0.705. The Morgan fingerprint density at radius 2 is 2.14 bits per heavy atom. The van der Waals surface area contributed by atoms with Crippen molar-refractivity contribution >= 4 is 41.0 Å². The summed E-state index contributed by atoms with van der Waals surface area (Å²) in [6.07, 6.45) is 1.56. The van der Waals surface area contributed by atoms with Gasteiger partial charge in [-0.05, 0) is 24.6 Å². The van der Waals surface area contributed by atoms with Gasteiger partial charge in [0.25, 0.3) is 5.91 Å². The molecular weight excluding hydrogens is 403 g/mol. The third kappa shape index (κ3) is 3.72. The van der Waals surface area contributed by atoms with Crippen molar-refractivity contribution in [2.75, 3.05) is 26.2 Å². The van der Waals surface area contributed by atoms with Crippen LogP contribution in [-0.4, -0.2) is 53.8 Å². The number of likely N-dealkylation sites (N-methyl/N-ethyl adjacent to an activating group) is 1. The van der Waals surface area contributed by atoms with Crippen molar-refractivity contribution in [1.29, 1.82) is 0 Å². The Kier molecular flexibility index (Phi) is 5.96. The molecule has 2 aliphatic heterocycles. The highest BCUT2D eigenvalue weighted by atomic mass is 35.5. The van der Waals surface area contributed by atoms with Gasteiger partial charge < -0.3 is 15.5 Å². The Morgan fingerprint density at radius 3 is 2.79 bits per heavy atom. The van der Waals surface area contributed by atoms with Crippen LogP contribution in [-0.2, 0) is 9.59 Å². The number of hydrogen-bond donors (Lipinski definition) is 2. The summed E-state index contributed by atoms with van der Waals surface area (Å²) in [6.45, 7) is 6.16. The molecule has 0 spiro atoms. The predicted octanol–water partition coefficient (Wildman–Crippen LogP) is 2.48. The lowest BCUT2D eigenvalue weighted by molar-refractivity contribution is -0.131. The number of carbonyl (C=O) groups excluding carboxylic acids is 3. The summed E-state index contributed by atoms with van der Waals surface area (Å²) in [6, 6.07) is 3.89. The summed E-state index contributed by atoms with van der Waals surface area (Å²) < 4.78 is 0. The molecule has 3 rings (SSSR count). The van der Waals surface area contributed by atoms with Crippen molar-refractivity contribution in [3.8, 4) is 0 Å². The van der Waals surface area contributed by atoms with Crippen LogP contribution in [0.4, 0.5) is 4.79 Å². The van der Waals surface area contributed by atoms with Gasteiger partial charge in [0.05, 0.1) is 23.9 Å². The maximum Gasteiger partial charge on any atom is 0.322 e. The van der Waals surface area contributed by atoms with E-state index in [4.69, 9.17) is 23.2 Å². The molecule has 0 saturated heterocycles. The van der Waals surface area contributed by atoms with Gasteiger partial charge in [0.1, 0.15) is 6.54 Å². The molecular formula is C19H20Cl2N4O3. The van der Waals surface area contributed by atoms with Crippen molar-refractivity contribution in [2.24, 2.45) is 0 Å². The normalized spacial score (nSPS) is 18.9. The average Bonchev–Trinajstić information content (AvgIpc) is 2.96. The van der Waals surface area contributed by atoms with E-state index in [-0.39, 0.29) is 30.9 Å². The van der Waals surface area contributed by atoms with E-state index in [1.165, 1.54) is 9.80 Å². The fraction of sp³-hybridized carbons (Fsp3) is 0.316. The van der Waals surface area contributed by atoms with Crippen LogP contribution in [0.5, 0.6) is 0 Å². The third-order valence-electron chi connectivity index (χ3n) is 4.66. The summed E-state index contributed by atoms with van der Waals surface area (Å²) in [5.74, 6) is -0.602. The quantitative estimate of drug-likeness (QED) is 0.690. The summed E-state index contributed by atoms with van der Waals surface area (Å²) >= 11 is 12.3. The lowest BCUT2D eigenvalue weighted by Crippen LogP contribution is -2.47. The van der Waals surface area contributed by atoms with Gasteiger partial charge in [0.2, 0.25) is 5.91 Å². The standard InChI is InChI=1S/C19H20Cl2N4O3/c1-3-7-22-15(26)10-24-9-14-16(18(24)27)17(23-19(28)25(14)4-2)12-6-5-11(20)8-13(12)21/h3,5-6,8,17H,1,4,7,9-10H2,2H3,(H,22,26)(H,23,28)/t17-/m0/s1. The Balaban J connectivity index is 1.95. The first-order chi connectivity index (χ1) is 13.4. The van der Waals surface area contributed by atoms with E-state index in [1.54, 1.807) is 24.3 Å². The molecule has 0 bridgehead atoms. The van der Waals surface area contributed by atoms with E-state index in [0.29, 0.717) is 40.0 Å². The van der Waals surface area contributed by atoms with Crippen LogP contribution < -0.4 is 10.6 Å². The largest absolute Gasteiger partial charge is 0.351 e. The molecule has 1 aromatic carbocycles. The molecule has 9 heteroatoms. The molecule has 0 fully saturated rings. The maximum atomic E-state index is 13.1. The summed E-state index contributed by atoms with van der Waals surface area (Å²) in [5.41, 5.74) is 1.58. The first kappa shape index (κ1) is 20.2. The first-order valence-corrected chi connectivity index (χ1v) is 9.55. The summed E-state index contributed by atoms with van der Waals surface area (Å²) in [4.78, 5) is 40.7. The van der Waals surface area contributed by atoms with Crippen molar-refractivity contribution in [2.45, 2.75) is 13.0 Å². The second kappa shape index (κ2) is 8.24. The monoisotopic (exact) mass is 422 g/mol. The van der Waals surface area contributed by atoms with E-state index >= 15 is 0 Å². The molecule has 0 aliphatic carbocycles. The van der Waals surface area contributed by atoms with E-state index in [9.17, 15) is 14.4 Å². The Labute approximate surface area is 172 Å². The molecule has 2 aliphatic rings. The van der Waals surface area contributed by atoms with Crippen molar-refractivity contribution in [3.63, 3.8) is 0 Å². The van der Waals surface area contributed by atoms with Crippen LogP contribution in [0.15, 0.2) is 42.1 Å². The predicted molar refractivity (Wildman–Crippen MR) is 107 cm³/mol. The highest BCUT2D eigenvalue weighted by molar-refractivity contribution is 6.35.